The molecule has 0 atom stereocenters. The minimum Gasteiger partial charge on any atom is -0.303 e. The van der Waals surface area contributed by atoms with Crippen molar-refractivity contribution in [1.82, 2.24) is 0 Å². The normalized spacial score (nSPS) is 9.82. The Morgan fingerprint density at radius 2 is 1.77 bits per heavy atom. The van der Waals surface area contributed by atoms with Crippen LogP contribution in [0.5, 0.6) is 0 Å². The Hall–Kier alpha value is -2.86. The van der Waals surface area contributed by atoms with Gasteiger partial charge in [0, 0.05) is 5.57 Å². The van der Waals surface area contributed by atoms with Crippen molar-refractivity contribution in [3.63, 3.8) is 0 Å². The molecule has 0 spiro atoms. The van der Waals surface area contributed by atoms with E-state index in [4.69, 9.17) is 0 Å². The number of amides is 1. The monoisotopic (exact) mass is 290 g/mol. The molecule has 0 N–H and O–H groups in total. The van der Waals surface area contributed by atoms with E-state index in [0.29, 0.717) is 29.8 Å². The second kappa shape index (κ2) is 7.24. The van der Waals surface area contributed by atoms with Crippen LogP contribution in [-0.4, -0.2) is 5.91 Å². The third-order valence-electron chi connectivity index (χ3n) is 3.47. The maximum atomic E-state index is 12.7. The molecule has 22 heavy (non-hydrogen) atoms. The molecule has 0 aliphatic rings. The fraction of sp³-hybridized carbons (Fsp3) is 0.158. The van der Waals surface area contributed by atoms with E-state index in [-0.39, 0.29) is 5.91 Å². The summed E-state index contributed by atoms with van der Waals surface area (Å²) in [7, 11) is 0. The highest BCUT2D eigenvalue weighted by atomic mass is 16.2. The van der Waals surface area contributed by atoms with Gasteiger partial charge in [0.15, 0.2) is 0 Å². The fourth-order valence-electron chi connectivity index (χ4n) is 2.18. The van der Waals surface area contributed by atoms with E-state index in [1.54, 1.807) is 23.1 Å². The summed E-state index contributed by atoms with van der Waals surface area (Å²) >= 11 is 0. The molecular weight excluding hydrogens is 272 g/mol. The van der Waals surface area contributed by atoms with E-state index in [2.05, 4.69) is 12.6 Å². The maximum Gasteiger partial charge on any atom is 0.253 e. The maximum absolute atomic E-state index is 12.7. The van der Waals surface area contributed by atoms with Gasteiger partial charge in [0.1, 0.15) is 6.07 Å². The fourth-order valence-corrected chi connectivity index (χ4v) is 2.18. The molecule has 0 bridgehead atoms. The molecule has 0 fully saturated rings. The number of rotatable bonds is 5. The first kappa shape index (κ1) is 15.5. The Morgan fingerprint density at radius 1 is 1.14 bits per heavy atom. The van der Waals surface area contributed by atoms with Crippen molar-refractivity contribution in [2.75, 3.05) is 4.90 Å². The van der Waals surface area contributed by atoms with Crippen molar-refractivity contribution in [2.24, 2.45) is 0 Å². The first-order chi connectivity index (χ1) is 10.7. The van der Waals surface area contributed by atoms with E-state index in [9.17, 15) is 10.1 Å². The van der Waals surface area contributed by atoms with Crippen LogP contribution < -0.4 is 4.90 Å². The van der Waals surface area contributed by atoms with Crippen molar-refractivity contribution in [1.29, 1.82) is 5.26 Å². The largest absolute Gasteiger partial charge is 0.303 e. The summed E-state index contributed by atoms with van der Waals surface area (Å²) in [6, 6.07) is 19.0. The Labute approximate surface area is 131 Å². The summed E-state index contributed by atoms with van der Waals surface area (Å²) in [5, 5.41) is 9.30. The van der Waals surface area contributed by atoms with Crippen LogP contribution in [-0.2, 0) is 11.3 Å². The molecule has 3 heteroatoms. The van der Waals surface area contributed by atoms with E-state index in [1.807, 2.05) is 43.3 Å². The zero-order valence-electron chi connectivity index (χ0n) is 12.6. The standard InChI is InChI=1S/C19H18N2O/c1-3-15(2)19(22)21(14-16-9-5-4-6-10-16)18-12-8-7-11-17(18)13-20/h4-12H,2-3,14H2,1H3. The molecule has 0 aliphatic heterocycles. The second-order valence-electron chi connectivity index (χ2n) is 4.96. The molecule has 3 nitrogen and oxygen atoms in total. The van der Waals surface area contributed by atoms with Gasteiger partial charge < -0.3 is 4.90 Å². The quantitative estimate of drug-likeness (QED) is 0.779. The molecule has 0 heterocycles. The molecule has 1 amide bonds. The van der Waals surface area contributed by atoms with Crippen molar-refractivity contribution in [3.05, 3.63) is 77.9 Å². The lowest BCUT2D eigenvalue weighted by Gasteiger charge is -2.24. The third kappa shape index (κ3) is 3.42. The zero-order valence-corrected chi connectivity index (χ0v) is 12.6. The van der Waals surface area contributed by atoms with Crippen LogP contribution in [0.3, 0.4) is 0 Å². The molecule has 0 saturated heterocycles. The molecule has 2 rings (SSSR count). The lowest BCUT2D eigenvalue weighted by molar-refractivity contribution is -0.115. The van der Waals surface area contributed by atoms with Crippen molar-refractivity contribution in [3.8, 4) is 6.07 Å². The Morgan fingerprint density at radius 3 is 2.41 bits per heavy atom. The summed E-state index contributed by atoms with van der Waals surface area (Å²) in [6.45, 7) is 6.16. The lowest BCUT2D eigenvalue weighted by Crippen LogP contribution is -2.31. The van der Waals surface area contributed by atoms with Crippen molar-refractivity contribution in [2.45, 2.75) is 19.9 Å². The van der Waals surface area contributed by atoms with E-state index < -0.39 is 0 Å². The molecule has 0 unspecified atom stereocenters. The molecule has 2 aromatic rings. The molecule has 0 saturated carbocycles. The summed E-state index contributed by atoms with van der Waals surface area (Å²) in [5.41, 5.74) is 2.64. The molecule has 0 radical (unpaired) electrons. The predicted octanol–water partition coefficient (Wildman–Crippen LogP) is 4.06. The number of hydrogen-bond donors (Lipinski definition) is 0. The number of benzene rings is 2. The molecule has 0 aliphatic carbocycles. The molecular formula is C19H18N2O. The zero-order chi connectivity index (χ0) is 15.9. The van der Waals surface area contributed by atoms with E-state index in [0.717, 1.165) is 5.56 Å². The van der Waals surface area contributed by atoms with Crippen molar-refractivity contribution >= 4 is 11.6 Å². The first-order valence-electron chi connectivity index (χ1n) is 7.20. The minimum atomic E-state index is -0.144. The van der Waals surface area contributed by atoms with Gasteiger partial charge in [0.25, 0.3) is 5.91 Å². The van der Waals surface area contributed by atoms with Gasteiger partial charge in [-0.25, -0.2) is 0 Å². The highest BCUT2D eigenvalue weighted by molar-refractivity contribution is 6.05. The summed E-state index contributed by atoms with van der Waals surface area (Å²) in [6.07, 6.45) is 0.582. The van der Waals surface area contributed by atoms with Gasteiger partial charge in [-0.3, -0.25) is 4.79 Å². The van der Waals surface area contributed by atoms with Gasteiger partial charge in [0.05, 0.1) is 17.8 Å². The van der Waals surface area contributed by atoms with Gasteiger partial charge in [-0.2, -0.15) is 5.26 Å². The van der Waals surface area contributed by atoms with Gasteiger partial charge in [-0.1, -0.05) is 56.0 Å². The number of carbonyl (C=O) groups is 1. The average molecular weight is 290 g/mol. The second-order valence-corrected chi connectivity index (χ2v) is 4.96. The van der Waals surface area contributed by atoms with Gasteiger partial charge in [-0.05, 0) is 24.1 Å². The number of carbonyl (C=O) groups excluding carboxylic acids is 1. The summed E-state index contributed by atoms with van der Waals surface area (Å²) in [4.78, 5) is 14.3. The predicted molar refractivity (Wildman–Crippen MR) is 88.2 cm³/mol. The topological polar surface area (TPSA) is 44.1 Å². The number of anilines is 1. The Bertz CT molecular complexity index is 714. The van der Waals surface area contributed by atoms with Crippen LogP contribution >= 0.6 is 0 Å². The number of nitrogens with zero attached hydrogens (tertiary/aromatic N) is 2. The van der Waals surface area contributed by atoms with Crippen LogP contribution in [0.4, 0.5) is 5.69 Å². The minimum absolute atomic E-state index is 0.144. The summed E-state index contributed by atoms with van der Waals surface area (Å²) < 4.78 is 0. The number of nitriles is 1. The van der Waals surface area contributed by atoms with Crippen LogP contribution in [0, 0.1) is 11.3 Å². The van der Waals surface area contributed by atoms with Crippen LogP contribution in [0.15, 0.2) is 66.7 Å². The lowest BCUT2D eigenvalue weighted by atomic mass is 10.1. The Kier molecular flexibility index (Phi) is 5.11. The SMILES string of the molecule is C=C(CC)C(=O)N(Cc1ccccc1)c1ccccc1C#N. The average Bonchev–Trinajstić information content (AvgIpc) is 2.59. The van der Waals surface area contributed by atoms with Crippen LogP contribution in [0.2, 0.25) is 0 Å². The van der Waals surface area contributed by atoms with Crippen LogP contribution in [0.1, 0.15) is 24.5 Å². The van der Waals surface area contributed by atoms with Crippen molar-refractivity contribution < 1.29 is 4.79 Å². The van der Waals surface area contributed by atoms with E-state index in [1.165, 1.54) is 0 Å². The Balaban J connectivity index is 2.44. The number of para-hydroxylation sites is 1. The van der Waals surface area contributed by atoms with E-state index >= 15 is 0 Å². The van der Waals surface area contributed by atoms with Crippen LogP contribution in [0.25, 0.3) is 0 Å². The van der Waals surface area contributed by atoms with Gasteiger partial charge >= 0.3 is 0 Å². The molecule has 110 valence electrons. The first-order valence-corrected chi connectivity index (χ1v) is 7.20. The smallest absolute Gasteiger partial charge is 0.253 e. The highest BCUT2D eigenvalue weighted by Gasteiger charge is 2.20. The molecule has 2 aromatic carbocycles. The van der Waals surface area contributed by atoms with Gasteiger partial charge in [-0.15, -0.1) is 0 Å². The number of hydrogen-bond acceptors (Lipinski definition) is 2. The molecule has 0 aromatic heterocycles. The third-order valence-corrected chi connectivity index (χ3v) is 3.47. The summed E-state index contributed by atoms with van der Waals surface area (Å²) in [5.74, 6) is -0.144. The van der Waals surface area contributed by atoms with Gasteiger partial charge in [0.2, 0.25) is 0 Å². The highest BCUT2D eigenvalue weighted by Crippen LogP contribution is 2.24.